The van der Waals surface area contributed by atoms with Crippen LogP contribution in [0.1, 0.15) is 25.7 Å². The molecule has 0 aliphatic heterocycles. The summed E-state index contributed by atoms with van der Waals surface area (Å²) in [7, 11) is 1.33. The first-order chi connectivity index (χ1) is 7.19. The van der Waals surface area contributed by atoms with E-state index in [-0.39, 0.29) is 17.8 Å². The molecule has 0 saturated heterocycles. The summed E-state index contributed by atoms with van der Waals surface area (Å²) in [6.07, 6.45) is 4.82. The van der Waals surface area contributed by atoms with Crippen LogP contribution < -0.4 is 5.32 Å². The summed E-state index contributed by atoms with van der Waals surface area (Å²) < 4.78 is 4.62. The van der Waals surface area contributed by atoms with Gasteiger partial charge in [-0.2, -0.15) is 0 Å². The fourth-order valence-corrected chi connectivity index (χ4v) is 1.31. The summed E-state index contributed by atoms with van der Waals surface area (Å²) in [6, 6.07) is -0.527. The first-order valence-electron chi connectivity index (χ1n) is 5.18. The molecule has 1 atom stereocenters. The van der Waals surface area contributed by atoms with E-state index in [2.05, 4.69) is 16.6 Å². The zero-order valence-electron chi connectivity index (χ0n) is 8.99. The standard InChI is InChI=1S/C11H17NO3/c1-3-4-5-9(11(14)15-2)12-10(13)8-6-7-8/h3,8-9H,1,4-7H2,2H3,(H,12,13)/t9-/m0/s1. The van der Waals surface area contributed by atoms with Gasteiger partial charge in [0.2, 0.25) is 5.91 Å². The molecule has 0 heterocycles. The van der Waals surface area contributed by atoms with E-state index in [1.54, 1.807) is 6.08 Å². The zero-order chi connectivity index (χ0) is 11.3. The van der Waals surface area contributed by atoms with Crippen LogP contribution in [0, 0.1) is 5.92 Å². The van der Waals surface area contributed by atoms with Gasteiger partial charge in [0, 0.05) is 5.92 Å². The summed E-state index contributed by atoms with van der Waals surface area (Å²) in [4.78, 5) is 22.8. The van der Waals surface area contributed by atoms with Gasteiger partial charge in [-0.1, -0.05) is 6.08 Å². The highest BCUT2D eigenvalue weighted by atomic mass is 16.5. The van der Waals surface area contributed by atoms with Crippen LogP contribution in [0.15, 0.2) is 12.7 Å². The molecule has 1 fully saturated rings. The fraction of sp³-hybridized carbons (Fsp3) is 0.636. The normalized spacial score (nSPS) is 16.6. The van der Waals surface area contributed by atoms with Gasteiger partial charge in [0.1, 0.15) is 6.04 Å². The Bertz CT molecular complexity index is 259. The minimum Gasteiger partial charge on any atom is -0.467 e. The molecule has 4 heteroatoms. The van der Waals surface area contributed by atoms with Crippen molar-refractivity contribution in [2.45, 2.75) is 31.7 Å². The highest BCUT2D eigenvalue weighted by Crippen LogP contribution is 2.29. The van der Waals surface area contributed by atoms with E-state index in [4.69, 9.17) is 0 Å². The van der Waals surface area contributed by atoms with E-state index >= 15 is 0 Å². The second-order valence-electron chi connectivity index (χ2n) is 3.72. The molecular weight excluding hydrogens is 194 g/mol. The smallest absolute Gasteiger partial charge is 0.328 e. The van der Waals surface area contributed by atoms with Crippen molar-refractivity contribution in [3.05, 3.63) is 12.7 Å². The summed E-state index contributed by atoms with van der Waals surface area (Å²) in [5.41, 5.74) is 0. The van der Waals surface area contributed by atoms with Gasteiger partial charge in [-0.25, -0.2) is 4.79 Å². The maximum Gasteiger partial charge on any atom is 0.328 e. The molecular formula is C11H17NO3. The van der Waals surface area contributed by atoms with Crippen molar-refractivity contribution >= 4 is 11.9 Å². The fourth-order valence-electron chi connectivity index (χ4n) is 1.31. The number of methoxy groups -OCH3 is 1. The van der Waals surface area contributed by atoms with Crippen LogP contribution in [-0.4, -0.2) is 25.0 Å². The number of ether oxygens (including phenoxy) is 1. The van der Waals surface area contributed by atoms with Gasteiger partial charge in [-0.3, -0.25) is 4.79 Å². The van der Waals surface area contributed by atoms with Crippen molar-refractivity contribution in [3.8, 4) is 0 Å². The Morgan fingerprint density at radius 1 is 1.60 bits per heavy atom. The minimum absolute atomic E-state index is 0.0329. The number of amides is 1. The Kier molecular flexibility index (Phi) is 4.34. The second-order valence-corrected chi connectivity index (χ2v) is 3.72. The second kappa shape index (κ2) is 5.53. The molecule has 0 unspecified atom stereocenters. The van der Waals surface area contributed by atoms with E-state index < -0.39 is 6.04 Å². The third-order valence-corrected chi connectivity index (χ3v) is 2.41. The Morgan fingerprint density at radius 3 is 2.73 bits per heavy atom. The lowest BCUT2D eigenvalue weighted by atomic mass is 10.1. The Morgan fingerprint density at radius 2 is 2.27 bits per heavy atom. The zero-order valence-corrected chi connectivity index (χ0v) is 8.99. The number of carbonyl (C=O) groups excluding carboxylic acids is 2. The Balaban J connectivity index is 2.42. The third kappa shape index (κ3) is 3.73. The molecule has 0 bridgehead atoms. The lowest BCUT2D eigenvalue weighted by molar-refractivity contribution is -0.145. The first kappa shape index (κ1) is 11.8. The summed E-state index contributed by atoms with van der Waals surface area (Å²) in [6.45, 7) is 3.58. The van der Waals surface area contributed by atoms with Crippen molar-refractivity contribution in [1.29, 1.82) is 0 Å². The number of esters is 1. The van der Waals surface area contributed by atoms with E-state index in [1.807, 2.05) is 0 Å². The maximum atomic E-state index is 11.5. The predicted molar refractivity (Wildman–Crippen MR) is 56.1 cm³/mol. The first-order valence-corrected chi connectivity index (χ1v) is 5.18. The summed E-state index contributed by atoms with van der Waals surface area (Å²) >= 11 is 0. The third-order valence-electron chi connectivity index (χ3n) is 2.41. The van der Waals surface area contributed by atoms with Gasteiger partial charge in [0.15, 0.2) is 0 Å². The van der Waals surface area contributed by atoms with Crippen LogP contribution in [0.3, 0.4) is 0 Å². The van der Waals surface area contributed by atoms with Crippen molar-refractivity contribution in [2.24, 2.45) is 5.92 Å². The Hall–Kier alpha value is -1.32. The Labute approximate surface area is 89.7 Å². The lowest BCUT2D eigenvalue weighted by Gasteiger charge is -2.15. The molecule has 0 aromatic heterocycles. The topological polar surface area (TPSA) is 55.4 Å². The molecule has 0 spiro atoms. The van der Waals surface area contributed by atoms with Gasteiger partial charge in [0.05, 0.1) is 7.11 Å². The maximum absolute atomic E-state index is 11.5. The molecule has 1 N–H and O–H groups in total. The van der Waals surface area contributed by atoms with Gasteiger partial charge in [-0.15, -0.1) is 6.58 Å². The molecule has 1 aliphatic carbocycles. The van der Waals surface area contributed by atoms with E-state index in [9.17, 15) is 9.59 Å². The van der Waals surface area contributed by atoms with Crippen molar-refractivity contribution < 1.29 is 14.3 Å². The number of hydrogen-bond acceptors (Lipinski definition) is 3. The molecule has 0 aromatic rings. The monoisotopic (exact) mass is 211 g/mol. The van der Waals surface area contributed by atoms with Crippen LogP contribution >= 0.6 is 0 Å². The SMILES string of the molecule is C=CCC[C@H](NC(=O)C1CC1)C(=O)OC. The summed E-state index contributed by atoms with van der Waals surface area (Å²) in [5, 5.41) is 2.70. The van der Waals surface area contributed by atoms with Gasteiger partial charge >= 0.3 is 5.97 Å². The number of hydrogen-bond donors (Lipinski definition) is 1. The molecule has 1 saturated carbocycles. The summed E-state index contributed by atoms with van der Waals surface area (Å²) in [5.74, 6) is -0.304. The van der Waals surface area contributed by atoms with Crippen LogP contribution in [0.4, 0.5) is 0 Å². The molecule has 15 heavy (non-hydrogen) atoms. The molecule has 84 valence electrons. The molecule has 1 amide bonds. The van der Waals surface area contributed by atoms with Crippen LogP contribution in [0.5, 0.6) is 0 Å². The quantitative estimate of drug-likeness (QED) is 0.527. The predicted octanol–water partition coefficient (Wildman–Crippen LogP) is 1.02. The molecule has 1 rings (SSSR count). The molecule has 4 nitrogen and oxygen atoms in total. The van der Waals surface area contributed by atoms with E-state index in [0.717, 1.165) is 12.8 Å². The number of nitrogens with one attached hydrogen (secondary N) is 1. The number of carbonyl (C=O) groups is 2. The van der Waals surface area contributed by atoms with E-state index in [0.29, 0.717) is 12.8 Å². The molecule has 0 aromatic carbocycles. The van der Waals surface area contributed by atoms with Gasteiger partial charge in [0.25, 0.3) is 0 Å². The highest BCUT2D eigenvalue weighted by Gasteiger charge is 2.32. The average Bonchev–Trinajstić information content (AvgIpc) is 3.06. The lowest BCUT2D eigenvalue weighted by Crippen LogP contribution is -2.42. The van der Waals surface area contributed by atoms with Crippen LogP contribution in [0.2, 0.25) is 0 Å². The number of rotatable bonds is 6. The van der Waals surface area contributed by atoms with Crippen LogP contribution in [0.25, 0.3) is 0 Å². The number of allylic oxidation sites excluding steroid dienone is 1. The van der Waals surface area contributed by atoms with Crippen molar-refractivity contribution in [3.63, 3.8) is 0 Å². The largest absolute Gasteiger partial charge is 0.467 e. The average molecular weight is 211 g/mol. The minimum atomic E-state index is -0.527. The highest BCUT2D eigenvalue weighted by molar-refractivity contribution is 5.86. The van der Waals surface area contributed by atoms with Crippen molar-refractivity contribution in [2.75, 3.05) is 7.11 Å². The van der Waals surface area contributed by atoms with Crippen molar-refractivity contribution in [1.82, 2.24) is 5.32 Å². The molecule has 0 radical (unpaired) electrons. The van der Waals surface area contributed by atoms with E-state index in [1.165, 1.54) is 7.11 Å². The van der Waals surface area contributed by atoms with Gasteiger partial charge in [-0.05, 0) is 25.7 Å². The van der Waals surface area contributed by atoms with Gasteiger partial charge < -0.3 is 10.1 Å². The van der Waals surface area contributed by atoms with Crippen LogP contribution in [-0.2, 0) is 14.3 Å². The molecule has 1 aliphatic rings.